The van der Waals surface area contributed by atoms with E-state index in [1.807, 2.05) is 5.49 Å². The minimum atomic E-state index is -1.41. The SMILES string of the molecule is CCCCCCCC[Si](CCCCCCCC)(CCCCCCCC)NC=S. The molecule has 0 fully saturated rings. The summed E-state index contributed by atoms with van der Waals surface area (Å²) in [4.78, 5) is 3.83. The summed E-state index contributed by atoms with van der Waals surface area (Å²) in [7, 11) is -1.41. The van der Waals surface area contributed by atoms with Gasteiger partial charge in [-0.25, -0.2) is 0 Å². The van der Waals surface area contributed by atoms with Crippen molar-refractivity contribution in [2.24, 2.45) is 0 Å². The van der Waals surface area contributed by atoms with Crippen molar-refractivity contribution < 1.29 is 0 Å². The predicted octanol–water partition coefficient (Wildman–Crippen LogP) is 9.56. The van der Waals surface area contributed by atoms with Gasteiger partial charge in [-0.1, -0.05) is 149 Å². The highest BCUT2D eigenvalue weighted by molar-refractivity contribution is 7.79. The van der Waals surface area contributed by atoms with Gasteiger partial charge in [0.1, 0.15) is 0 Å². The standard InChI is InChI=1S/C25H53NSSi/c1-4-7-10-13-16-19-22-28(26-25-27,23-20-17-14-11-8-5-2)24-21-18-15-12-9-6-3/h25H,4-24H2,1-3H3,(H,26,27). The maximum atomic E-state index is 5.31. The molecule has 3 heteroatoms. The fourth-order valence-corrected chi connectivity index (χ4v) is 9.41. The van der Waals surface area contributed by atoms with Gasteiger partial charge >= 0.3 is 0 Å². The Morgan fingerprint density at radius 1 is 0.500 bits per heavy atom. The highest BCUT2D eigenvalue weighted by atomic mass is 32.1. The summed E-state index contributed by atoms with van der Waals surface area (Å²) in [6, 6.07) is 4.36. The predicted molar refractivity (Wildman–Crippen MR) is 137 cm³/mol. The second-order valence-electron chi connectivity index (χ2n) is 9.10. The summed E-state index contributed by atoms with van der Waals surface area (Å²) in [6.07, 6.45) is 25.5. The number of hydrogen-bond donors (Lipinski definition) is 1. The van der Waals surface area contributed by atoms with E-state index >= 15 is 0 Å². The Morgan fingerprint density at radius 2 is 0.786 bits per heavy atom. The zero-order valence-corrected chi connectivity index (χ0v) is 21.7. The van der Waals surface area contributed by atoms with Crippen LogP contribution in [0.15, 0.2) is 0 Å². The molecule has 0 amide bonds. The lowest BCUT2D eigenvalue weighted by Gasteiger charge is -2.32. The molecule has 0 aliphatic heterocycles. The van der Waals surface area contributed by atoms with Gasteiger partial charge < -0.3 is 4.98 Å². The average molecular weight is 428 g/mol. The van der Waals surface area contributed by atoms with Crippen molar-refractivity contribution in [1.82, 2.24) is 4.98 Å². The molecule has 0 saturated heterocycles. The van der Waals surface area contributed by atoms with Crippen LogP contribution >= 0.6 is 12.2 Å². The van der Waals surface area contributed by atoms with Crippen LogP contribution in [0.25, 0.3) is 0 Å². The first-order chi connectivity index (χ1) is 13.7. The van der Waals surface area contributed by atoms with Crippen molar-refractivity contribution in [1.29, 1.82) is 0 Å². The van der Waals surface area contributed by atoms with E-state index in [4.69, 9.17) is 12.2 Å². The molecular weight excluding hydrogens is 374 g/mol. The summed E-state index contributed by atoms with van der Waals surface area (Å²) >= 11 is 5.31. The smallest absolute Gasteiger partial charge is 0.153 e. The van der Waals surface area contributed by atoms with E-state index in [0.717, 1.165) is 0 Å². The van der Waals surface area contributed by atoms with Crippen molar-refractivity contribution in [3.05, 3.63) is 0 Å². The zero-order valence-electron chi connectivity index (χ0n) is 19.8. The maximum absolute atomic E-state index is 5.31. The Kier molecular flexibility index (Phi) is 21.9. The molecule has 168 valence electrons. The Hall–Kier alpha value is 0.107. The fraction of sp³-hybridized carbons (Fsp3) is 0.960. The van der Waals surface area contributed by atoms with Crippen LogP contribution < -0.4 is 4.98 Å². The number of thiocarbonyl (C=S) groups is 1. The first-order valence-electron chi connectivity index (χ1n) is 13.0. The molecule has 0 aliphatic rings. The molecule has 0 saturated carbocycles. The molecule has 0 aromatic heterocycles. The van der Waals surface area contributed by atoms with Gasteiger partial charge in [0.05, 0.1) is 5.49 Å². The molecule has 0 atom stereocenters. The normalized spacial score (nSPS) is 11.7. The molecule has 0 aromatic rings. The summed E-state index contributed by atoms with van der Waals surface area (Å²) in [5.41, 5.74) is 1.89. The van der Waals surface area contributed by atoms with E-state index in [-0.39, 0.29) is 0 Å². The van der Waals surface area contributed by atoms with Crippen LogP contribution in [-0.2, 0) is 0 Å². The van der Waals surface area contributed by atoms with Gasteiger partial charge in [0.15, 0.2) is 8.24 Å². The van der Waals surface area contributed by atoms with Gasteiger partial charge in [0.2, 0.25) is 0 Å². The molecule has 0 rings (SSSR count). The Labute approximate surface area is 185 Å². The van der Waals surface area contributed by atoms with E-state index < -0.39 is 8.24 Å². The molecule has 0 heterocycles. The Morgan fingerprint density at radius 3 is 1.07 bits per heavy atom. The van der Waals surface area contributed by atoms with Crippen LogP contribution in [0.2, 0.25) is 18.1 Å². The summed E-state index contributed by atoms with van der Waals surface area (Å²) < 4.78 is 0. The average Bonchev–Trinajstić information content (AvgIpc) is 2.70. The monoisotopic (exact) mass is 427 g/mol. The molecule has 0 aromatic carbocycles. The minimum absolute atomic E-state index is 1.35. The largest absolute Gasteiger partial charge is 0.407 e. The van der Waals surface area contributed by atoms with Crippen LogP contribution in [0, 0.1) is 0 Å². The topological polar surface area (TPSA) is 12.0 Å². The van der Waals surface area contributed by atoms with E-state index in [0.29, 0.717) is 0 Å². The highest BCUT2D eigenvalue weighted by Gasteiger charge is 2.30. The summed E-state index contributed by atoms with van der Waals surface area (Å²) in [5.74, 6) is 0. The number of rotatable bonds is 23. The lowest BCUT2D eigenvalue weighted by Crippen LogP contribution is -2.49. The van der Waals surface area contributed by atoms with Gasteiger partial charge in [-0.3, -0.25) is 0 Å². The molecule has 0 bridgehead atoms. The van der Waals surface area contributed by atoms with Gasteiger partial charge in [-0.15, -0.1) is 0 Å². The number of hydrogen-bond acceptors (Lipinski definition) is 1. The van der Waals surface area contributed by atoms with Crippen LogP contribution in [0.1, 0.15) is 136 Å². The molecule has 1 N–H and O–H groups in total. The van der Waals surface area contributed by atoms with Crippen molar-refractivity contribution in [2.45, 2.75) is 154 Å². The van der Waals surface area contributed by atoms with Crippen molar-refractivity contribution in [3.63, 3.8) is 0 Å². The van der Waals surface area contributed by atoms with Gasteiger partial charge in [-0.05, 0) is 18.1 Å². The number of unbranched alkanes of at least 4 members (excludes halogenated alkanes) is 15. The third kappa shape index (κ3) is 17.0. The number of nitrogens with one attached hydrogen (secondary N) is 1. The molecule has 0 radical (unpaired) electrons. The first-order valence-corrected chi connectivity index (χ1v) is 16.0. The lowest BCUT2D eigenvalue weighted by atomic mass is 10.1. The Bertz CT molecular complexity index is 281. The first kappa shape index (κ1) is 28.1. The third-order valence-electron chi connectivity index (χ3n) is 6.39. The van der Waals surface area contributed by atoms with E-state index in [1.165, 1.54) is 134 Å². The van der Waals surface area contributed by atoms with Crippen LogP contribution in [0.3, 0.4) is 0 Å². The van der Waals surface area contributed by atoms with E-state index in [9.17, 15) is 0 Å². The molecule has 0 spiro atoms. The van der Waals surface area contributed by atoms with Gasteiger partial charge in [-0.2, -0.15) is 0 Å². The highest BCUT2D eigenvalue weighted by Crippen LogP contribution is 2.27. The zero-order chi connectivity index (χ0) is 20.8. The van der Waals surface area contributed by atoms with E-state index in [2.05, 4.69) is 25.8 Å². The van der Waals surface area contributed by atoms with Gasteiger partial charge in [0, 0.05) is 0 Å². The fourth-order valence-electron chi connectivity index (χ4n) is 4.45. The lowest BCUT2D eigenvalue weighted by molar-refractivity contribution is 0.604. The second kappa shape index (κ2) is 21.8. The maximum Gasteiger partial charge on any atom is 0.153 e. The molecule has 1 nitrogen and oxygen atoms in total. The molecule has 28 heavy (non-hydrogen) atoms. The second-order valence-corrected chi connectivity index (χ2v) is 13.7. The van der Waals surface area contributed by atoms with Crippen LogP contribution in [0.4, 0.5) is 0 Å². The van der Waals surface area contributed by atoms with Crippen molar-refractivity contribution in [3.8, 4) is 0 Å². The van der Waals surface area contributed by atoms with Gasteiger partial charge in [0.25, 0.3) is 0 Å². The third-order valence-corrected chi connectivity index (χ3v) is 11.4. The minimum Gasteiger partial charge on any atom is -0.407 e. The van der Waals surface area contributed by atoms with E-state index in [1.54, 1.807) is 0 Å². The van der Waals surface area contributed by atoms with Crippen molar-refractivity contribution >= 4 is 25.9 Å². The van der Waals surface area contributed by atoms with Crippen molar-refractivity contribution in [2.75, 3.05) is 0 Å². The Balaban J connectivity index is 4.41. The molecule has 0 aliphatic carbocycles. The van der Waals surface area contributed by atoms with Crippen LogP contribution in [0.5, 0.6) is 0 Å². The summed E-state index contributed by atoms with van der Waals surface area (Å²) in [5, 5.41) is 0. The summed E-state index contributed by atoms with van der Waals surface area (Å²) in [6.45, 7) is 6.92. The van der Waals surface area contributed by atoms with Crippen LogP contribution in [-0.4, -0.2) is 13.7 Å². The molecule has 0 unspecified atom stereocenters. The quantitative estimate of drug-likeness (QED) is 0.0989. The molecular formula is C25H53NSSi.